The van der Waals surface area contributed by atoms with Crippen molar-refractivity contribution in [3.63, 3.8) is 0 Å². The van der Waals surface area contributed by atoms with E-state index >= 15 is 0 Å². The third kappa shape index (κ3) is 13.1. The Labute approximate surface area is 298 Å². The van der Waals surface area contributed by atoms with E-state index < -0.39 is 69.8 Å². The second-order valence-corrected chi connectivity index (χ2v) is 13.9. The van der Waals surface area contributed by atoms with Crippen molar-refractivity contribution in [2.45, 2.75) is 95.3 Å². The zero-order valence-electron chi connectivity index (χ0n) is 30.1. The lowest BCUT2D eigenvalue weighted by atomic mass is 9.83. The third-order valence-electron chi connectivity index (χ3n) is 8.61. The Balaban J connectivity index is 2.08. The third-order valence-corrected chi connectivity index (χ3v) is 8.61. The van der Waals surface area contributed by atoms with E-state index in [0.717, 1.165) is 5.56 Å². The number of primary amides is 2. The fraction of sp³-hybridized carbons (Fsp3) is 0.500. The summed E-state index contributed by atoms with van der Waals surface area (Å²) in [5.74, 6) is -4.27. The molecule has 0 aromatic heterocycles. The molecule has 2 rings (SSSR count). The summed E-state index contributed by atoms with van der Waals surface area (Å²) in [5.41, 5.74) is 14.0. The average molecular weight is 713 g/mol. The molecule has 2 aromatic carbocycles. The molecule has 2 aromatic rings. The van der Waals surface area contributed by atoms with Crippen LogP contribution in [0.2, 0.25) is 0 Å². The Kier molecular flexibility index (Phi) is 15.7. The van der Waals surface area contributed by atoms with Crippen LogP contribution in [-0.4, -0.2) is 78.2 Å². The van der Waals surface area contributed by atoms with Crippen LogP contribution in [0, 0.1) is 5.82 Å². The molecule has 0 aliphatic carbocycles. The molecule has 14 nitrogen and oxygen atoms in total. The number of amides is 6. The van der Waals surface area contributed by atoms with Crippen LogP contribution in [0.3, 0.4) is 0 Å². The summed E-state index contributed by atoms with van der Waals surface area (Å²) in [6.07, 6.45) is 0.875. The van der Waals surface area contributed by atoms with Crippen molar-refractivity contribution < 1.29 is 33.2 Å². The molecule has 15 heteroatoms. The molecule has 11 N–H and O–H groups in total. The molecule has 0 saturated heterocycles. The molecule has 6 amide bonds. The van der Waals surface area contributed by atoms with Crippen molar-refractivity contribution in [2.24, 2.45) is 17.2 Å². The summed E-state index contributed by atoms with van der Waals surface area (Å²) in [4.78, 5) is 77.3. The number of hydrogen-bond donors (Lipinski definition) is 8. The normalized spacial score (nSPS) is 13.9. The molecule has 0 aliphatic heterocycles. The molecular formula is C36H53FN8O6. The van der Waals surface area contributed by atoms with Crippen molar-refractivity contribution in [3.8, 4) is 0 Å². The summed E-state index contributed by atoms with van der Waals surface area (Å²) in [5, 5.41) is 13.7. The molecule has 0 radical (unpaired) electrons. The Hall–Kier alpha value is -4.89. The van der Waals surface area contributed by atoms with Crippen LogP contribution >= 0.6 is 0 Å². The first-order valence-corrected chi connectivity index (χ1v) is 16.9. The van der Waals surface area contributed by atoms with E-state index in [9.17, 15) is 33.2 Å². The predicted octanol–water partition coefficient (Wildman–Crippen LogP) is 0.165. The molecule has 280 valence electrons. The topological polar surface area (TPSA) is 241 Å². The summed E-state index contributed by atoms with van der Waals surface area (Å²) in [6.45, 7) is 8.20. The molecule has 0 aliphatic rings. The summed E-state index contributed by atoms with van der Waals surface area (Å²) >= 11 is 0. The maximum absolute atomic E-state index is 13.6. The van der Waals surface area contributed by atoms with Gasteiger partial charge in [-0.15, -0.1) is 0 Å². The minimum absolute atomic E-state index is 0.103. The van der Waals surface area contributed by atoms with Crippen molar-refractivity contribution in [1.29, 1.82) is 0 Å². The zero-order chi connectivity index (χ0) is 38.4. The second-order valence-electron chi connectivity index (χ2n) is 13.9. The smallest absolute Gasteiger partial charge is 0.244 e. The van der Waals surface area contributed by atoms with Crippen LogP contribution in [0.4, 0.5) is 4.39 Å². The van der Waals surface area contributed by atoms with Gasteiger partial charge in [-0.25, -0.2) is 4.39 Å². The van der Waals surface area contributed by atoms with E-state index in [1.165, 1.54) is 39.0 Å². The number of rotatable bonds is 21. The molecule has 51 heavy (non-hydrogen) atoms. The Morgan fingerprint density at radius 2 is 1.37 bits per heavy atom. The second kappa shape index (κ2) is 18.9. The van der Waals surface area contributed by atoms with Gasteiger partial charge in [0.05, 0.1) is 11.8 Å². The maximum atomic E-state index is 13.6. The van der Waals surface area contributed by atoms with E-state index in [2.05, 4.69) is 26.6 Å². The number of nitrogens with one attached hydrogen (secondary N) is 5. The molecule has 3 atom stereocenters. The van der Waals surface area contributed by atoms with Gasteiger partial charge in [0.1, 0.15) is 29.0 Å². The molecule has 0 spiro atoms. The molecule has 0 saturated carbocycles. The molecule has 0 heterocycles. The average Bonchev–Trinajstić information content (AvgIpc) is 3.05. The number of halogens is 1. The predicted molar refractivity (Wildman–Crippen MR) is 191 cm³/mol. The number of benzene rings is 2. The van der Waals surface area contributed by atoms with Crippen LogP contribution in [0.1, 0.15) is 71.4 Å². The van der Waals surface area contributed by atoms with Gasteiger partial charge in [0.25, 0.3) is 0 Å². The van der Waals surface area contributed by atoms with Crippen molar-refractivity contribution in [2.75, 3.05) is 19.6 Å². The van der Waals surface area contributed by atoms with Crippen molar-refractivity contribution in [3.05, 3.63) is 71.5 Å². The minimum atomic E-state index is -1.58. The maximum Gasteiger partial charge on any atom is 0.244 e. The largest absolute Gasteiger partial charge is 0.368 e. The van der Waals surface area contributed by atoms with Crippen molar-refractivity contribution in [1.82, 2.24) is 26.6 Å². The van der Waals surface area contributed by atoms with Crippen LogP contribution in [-0.2, 0) is 40.6 Å². The fourth-order valence-corrected chi connectivity index (χ4v) is 5.04. The fourth-order valence-electron chi connectivity index (χ4n) is 5.04. The molecule has 0 bridgehead atoms. The Morgan fingerprint density at radius 3 is 1.96 bits per heavy atom. The van der Waals surface area contributed by atoms with Gasteiger partial charge in [0.15, 0.2) is 0 Å². The minimum Gasteiger partial charge on any atom is -0.368 e. The Morgan fingerprint density at radius 1 is 0.765 bits per heavy atom. The number of carbonyl (C=O) groups is 6. The zero-order valence-corrected chi connectivity index (χ0v) is 30.1. The SMILES string of the molecule is CC(C)(NC(=O)[C@@H](CCCNCC(C)(NC(=O)[C@@H](CCCN)NC(=O)Cc1cccc(F)c1)C(N)=O)NC(=O)C(C)(C)c1ccccc1)C(N)=O. The first-order valence-electron chi connectivity index (χ1n) is 16.9. The Bertz CT molecular complexity index is 1540. The summed E-state index contributed by atoms with van der Waals surface area (Å²) in [7, 11) is 0. The van der Waals surface area contributed by atoms with Gasteiger partial charge in [-0.2, -0.15) is 0 Å². The van der Waals surface area contributed by atoms with Crippen molar-refractivity contribution >= 4 is 35.4 Å². The van der Waals surface area contributed by atoms with Gasteiger partial charge < -0.3 is 43.8 Å². The number of hydrogen-bond acceptors (Lipinski definition) is 8. The van der Waals surface area contributed by atoms with E-state index in [1.807, 2.05) is 30.3 Å². The van der Waals surface area contributed by atoms with Gasteiger partial charge >= 0.3 is 0 Å². The van der Waals surface area contributed by atoms with Gasteiger partial charge in [-0.1, -0.05) is 42.5 Å². The van der Waals surface area contributed by atoms with Gasteiger partial charge in [0, 0.05) is 6.54 Å². The number of carbonyl (C=O) groups excluding carboxylic acids is 6. The monoisotopic (exact) mass is 712 g/mol. The first-order chi connectivity index (χ1) is 23.8. The highest BCUT2D eigenvalue weighted by Gasteiger charge is 2.37. The van der Waals surface area contributed by atoms with Crippen LogP contribution < -0.4 is 43.8 Å². The first kappa shape index (κ1) is 42.3. The molecular weight excluding hydrogens is 659 g/mol. The summed E-state index contributed by atoms with van der Waals surface area (Å²) < 4.78 is 13.6. The van der Waals surface area contributed by atoms with E-state index in [0.29, 0.717) is 18.4 Å². The lowest BCUT2D eigenvalue weighted by molar-refractivity contribution is -0.134. The highest BCUT2D eigenvalue weighted by atomic mass is 19.1. The van der Waals surface area contributed by atoms with E-state index in [1.54, 1.807) is 19.9 Å². The van der Waals surface area contributed by atoms with Crippen LogP contribution in [0.15, 0.2) is 54.6 Å². The molecule has 0 fully saturated rings. The number of nitrogens with two attached hydrogens (primary N) is 3. The lowest BCUT2D eigenvalue weighted by Crippen LogP contribution is -2.63. The standard InChI is InChI=1S/C36H53FN8O6/c1-34(2,24-13-7-6-8-14-24)33(51)43-27(29(47)44-35(3,4)31(39)49)17-11-19-41-22-36(5,32(40)50)45-30(48)26(16-10-18-38)42-28(46)21-23-12-9-15-25(37)20-23/h6-9,12-15,20,26-27,41H,10-11,16-19,21-22,38H2,1-5H3,(H2,39,49)(H2,40,50)(H,42,46)(H,43,51)(H,44,47)(H,45,48)/t26-,27-,36?/m1/s1. The van der Waals surface area contributed by atoms with Gasteiger partial charge in [-0.3, -0.25) is 28.8 Å². The summed E-state index contributed by atoms with van der Waals surface area (Å²) in [6, 6.07) is 12.5. The van der Waals surface area contributed by atoms with E-state index in [-0.39, 0.29) is 38.9 Å². The van der Waals surface area contributed by atoms with Crippen LogP contribution in [0.25, 0.3) is 0 Å². The van der Waals surface area contributed by atoms with Gasteiger partial charge in [0.2, 0.25) is 35.4 Å². The van der Waals surface area contributed by atoms with Gasteiger partial charge in [-0.05, 0) is 96.7 Å². The highest BCUT2D eigenvalue weighted by Crippen LogP contribution is 2.23. The van der Waals surface area contributed by atoms with E-state index in [4.69, 9.17) is 17.2 Å². The highest BCUT2D eigenvalue weighted by molar-refractivity contribution is 5.96. The molecule has 1 unspecified atom stereocenters. The van der Waals surface area contributed by atoms with Crippen LogP contribution in [0.5, 0.6) is 0 Å². The lowest BCUT2D eigenvalue weighted by Gasteiger charge is -2.31. The quantitative estimate of drug-likeness (QED) is 0.0828.